The number of aryl methyl sites for hydroxylation is 1. The molecule has 0 saturated carbocycles. The maximum absolute atomic E-state index is 13.4. The number of aromatic nitrogens is 4. The highest BCUT2D eigenvalue weighted by Crippen LogP contribution is 2.33. The molecule has 0 atom stereocenters. The highest BCUT2D eigenvalue weighted by atomic mass is 16.5. The van der Waals surface area contributed by atoms with Crippen LogP contribution in [-0.4, -0.2) is 25.2 Å². The predicted molar refractivity (Wildman–Crippen MR) is 147 cm³/mol. The van der Waals surface area contributed by atoms with Crippen molar-refractivity contribution in [3.05, 3.63) is 75.4 Å². The van der Waals surface area contributed by atoms with Crippen molar-refractivity contribution in [3.63, 3.8) is 0 Å². The Morgan fingerprint density at radius 1 is 0.838 bits per heavy atom. The van der Waals surface area contributed by atoms with Crippen LogP contribution in [0.5, 0.6) is 11.5 Å². The van der Waals surface area contributed by atoms with Crippen molar-refractivity contribution in [2.75, 3.05) is 11.4 Å². The molecule has 2 aromatic carbocycles. The highest BCUT2D eigenvalue weighted by Gasteiger charge is 2.28. The van der Waals surface area contributed by atoms with Crippen molar-refractivity contribution in [3.8, 4) is 11.5 Å². The van der Waals surface area contributed by atoms with Crippen LogP contribution in [0, 0.1) is 0 Å². The Morgan fingerprint density at radius 3 is 2.24 bits per heavy atom. The molecule has 0 saturated heterocycles. The molecule has 0 N–H and O–H groups in total. The van der Waals surface area contributed by atoms with Gasteiger partial charge in [0, 0.05) is 32.4 Å². The van der Waals surface area contributed by atoms with Crippen LogP contribution in [0.1, 0.15) is 51.9 Å². The Bertz CT molecular complexity index is 1470. The van der Waals surface area contributed by atoms with Crippen molar-refractivity contribution in [1.29, 1.82) is 0 Å². The van der Waals surface area contributed by atoms with E-state index in [9.17, 15) is 9.59 Å². The summed E-state index contributed by atoms with van der Waals surface area (Å²) >= 11 is 0. The van der Waals surface area contributed by atoms with Crippen molar-refractivity contribution < 1.29 is 4.74 Å². The fourth-order valence-electron chi connectivity index (χ4n) is 5.07. The Balaban J connectivity index is 1.36. The lowest BCUT2D eigenvalue weighted by Crippen LogP contribution is -2.39. The van der Waals surface area contributed by atoms with Gasteiger partial charge < -0.3 is 14.2 Å². The second kappa shape index (κ2) is 11.1. The molecular weight excluding hydrogens is 466 g/mol. The molecule has 5 rings (SSSR count). The molecule has 0 fully saturated rings. The summed E-state index contributed by atoms with van der Waals surface area (Å²) in [5, 5.41) is 0. The summed E-state index contributed by atoms with van der Waals surface area (Å²) in [5.74, 6) is 2.22. The predicted octanol–water partition coefficient (Wildman–Crippen LogP) is 5.59. The maximum atomic E-state index is 13.4. The van der Waals surface area contributed by atoms with Crippen LogP contribution in [0.3, 0.4) is 0 Å². The molecule has 8 heteroatoms. The molecule has 0 bridgehead atoms. The number of hydrogen-bond donors (Lipinski definition) is 0. The molecule has 0 unspecified atom stereocenters. The van der Waals surface area contributed by atoms with Crippen molar-refractivity contribution in [2.45, 2.75) is 65.0 Å². The molecule has 0 spiro atoms. The quantitative estimate of drug-likeness (QED) is 0.251. The summed E-state index contributed by atoms with van der Waals surface area (Å²) in [6, 6.07) is 17.5. The van der Waals surface area contributed by atoms with E-state index in [-0.39, 0.29) is 11.2 Å². The van der Waals surface area contributed by atoms with Crippen LogP contribution in [0.25, 0.3) is 11.2 Å². The minimum Gasteiger partial charge on any atom is -0.457 e. The van der Waals surface area contributed by atoms with Crippen LogP contribution in [0.4, 0.5) is 11.6 Å². The molecule has 1 aliphatic rings. The van der Waals surface area contributed by atoms with Crippen LogP contribution in [-0.2, 0) is 20.1 Å². The Kier molecular flexibility index (Phi) is 7.44. The number of fused-ring (bicyclic) bond motifs is 3. The Hall–Kier alpha value is -3.81. The first kappa shape index (κ1) is 24.9. The van der Waals surface area contributed by atoms with E-state index in [1.165, 1.54) is 34.8 Å². The summed E-state index contributed by atoms with van der Waals surface area (Å²) in [6.45, 7) is 4.00. The minimum atomic E-state index is -0.297. The summed E-state index contributed by atoms with van der Waals surface area (Å²) < 4.78 is 10.8. The topological polar surface area (TPSA) is 74.3 Å². The number of unbranched alkanes of at least 4 members (excludes halogenated alkanes) is 6. The second-order valence-corrected chi connectivity index (χ2v) is 9.72. The van der Waals surface area contributed by atoms with E-state index in [0.29, 0.717) is 36.7 Å². The van der Waals surface area contributed by atoms with Crippen LogP contribution in [0.2, 0.25) is 0 Å². The van der Waals surface area contributed by atoms with E-state index in [2.05, 4.69) is 11.8 Å². The molecule has 0 radical (unpaired) electrons. The van der Waals surface area contributed by atoms with Gasteiger partial charge in [-0.3, -0.25) is 13.9 Å². The second-order valence-electron chi connectivity index (χ2n) is 9.72. The van der Waals surface area contributed by atoms with Gasteiger partial charge in [0.1, 0.15) is 11.5 Å². The van der Waals surface area contributed by atoms with E-state index in [4.69, 9.17) is 9.72 Å². The number of anilines is 2. The highest BCUT2D eigenvalue weighted by molar-refractivity contribution is 5.77. The zero-order valence-corrected chi connectivity index (χ0v) is 21.7. The van der Waals surface area contributed by atoms with Gasteiger partial charge in [0.25, 0.3) is 5.56 Å². The number of nitrogens with zero attached hydrogens (tertiary/aromatic N) is 5. The summed E-state index contributed by atoms with van der Waals surface area (Å²) in [7, 11) is 1.70. The third kappa shape index (κ3) is 5.05. The molecule has 3 heterocycles. The number of para-hydroxylation sites is 1. The zero-order valence-electron chi connectivity index (χ0n) is 21.7. The smallest absolute Gasteiger partial charge is 0.332 e. The van der Waals surface area contributed by atoms with Gasteiger partial charge in [-0.25, -0.2) is 4.79 Å². The Morgan fingerprint density at radius 2 is 1.51 bits per heavy atom. The molecule has 8 nitrogen and oxygen atoms in total. The molecule has 0 amide bonds. The van der Waals surface area contributed by atoms with Gasteiger partial charge in [0.15, 0.2) is 11.2 Å². The zero-order chi connectivity index (χ0) is 25.8. The van der Waals surface area contributed by atoms with Crippen LogP contribution in [0.15, 0.2) is 64.2 Å². The van der Waals surface area contributed by atoms with Gasteiger partial charge in [-0.2, -0.15) is 4.98 Å². The molecular formula is C29H35N5O3. The van der Waals surface area contributed by atoms with Gasteiger partial charge in [-0.1, -0.05) is 63.6 Å². The van der Waals surface area contributed by atoms with Gasteiger partial charge in [0.2, 0.25) is 5.95 Å². The van der Waals surface area contributed by atoms with Crippen molar-refractivity contribution >= 4 is 22.8 Å². The third-order valence-electron chi connectivity index (χ3n) is 7.11. The van der Waals surface area contributed by atoms with Gasteiger partial charge >= 0.3 is 5.69 Å². The molecule has 0 aliphatic carbocycles. The average Bonchev–Trinajstić information content (AvgIpc) is 3.49. The lowest BCUT2D eigenvalue weighted by Gasteiger charge is -2.16. The van der Waals surface area contributed by atoms with E-state index in [1.54, 1.807) is 7.05 Å². The molecule has 1 aliphatic heterocycles. The number of ether oxygens (including phenoxy) is 1. The normalized spacial score (nSPS) is 12.9. The van der Waals surface area contributed by atoms with E-state index >= 15 is 0 Å². The van der Waals surface area contributed by atoms with E-state index < -0.39 is 0 Å². The Labute approximate surface area is 216 Å². The average molecular weight is 502 g/mol. The summed E-state index contributed by atoms with van der Waals surface area (Å²) in [4.78, 5) is 33.3. The fraction of sp³-hybridized carbons (Fsp3) is 0.414. The first-order chi connectivity index (χ1) is 18.1. The molecule has 2 aromatic heterocycles. The maximum Gasteiger partial charge on any atom is 0.332 e. The van der Waals surface area contributed by atoms with Gasteiger partial charge in [-0.05, 0) is 42.8 Å². The van der Waals surface area contributed by atoms with Gasteiger partial charge in [-0.15, -0.1) is 0 Å². The first-order valence-corrected chi connectivity index (χ1v) is 13.4. The SMILES string of the molecule is CCCCCCCCCn1c(=O)c2c(nc3n2CCN3c2ccc(Oc3ccccc3)cc2)n(C)c1=O. The monoisotopic (exact) mass is 501 g/mol. The standard InChI is InChI=1S/C29H35N5O3/c1-3-4-5-6-7-8-12-19-34-27(35)25-26(31(2)29(34)36)30-28-32(20-21-33(25)28)22-15-17-24(18-16-22)37-23-13-10-9-11-14-23/h9-11,13-18H,3-8,12,19-21H2,1-2H3. The van der Waals surface area contributed by atoms with E-state index in [0.717, 1.165) is 36.4 Å². The molecule has 194 valence electrons. The first-order valence-electron chi connectivity index (χ1n) is 13.4. The van der Waals surface area contributed by atoms with Gasteiger partial charge in [0.05, 0.1) is 0 Å². The number of benzene rings is 2. The number of hydrogen-bond acceptors (Lipinski definition) is 5. The lowest BCUT2D eigenvalue weighted by molar-refractivity contribution is 0.482. The summed E-state index contributed by atoms with van der Waals surface area (Å²) in [5.41, 5.74) is 1.37. The fourth-order valence-corrected chi connectivity index (χ4v) is 5.07. The third-order valence-corrected chi connectivity index (χ3v) is 7.11. The largest absolute Gasteiger partial charge is 0.457 e. The minimum absolute atomic E-state index is 0.240. The lowest BCUT2D eigenvalue weighted by atomic mass is 10.1. The van der Waals surface area contributed by atoms with E-state index in [1.807, 2.05) is 59.2 Å². The number of rotatable bonds is 11. The summed E-state index contributed by atoms with van der Waals surface area (Å²) in [6.07, 6.45) is 7.97. The molecule has 4 aromatic rings. The number of imidazole rings is 1. The van der Waals surface area contributed by atoms with Crippen molar-refractivity contribution in [2.24, 2.45) is 7.05 Å². The van der Waals surface area contributed by atoms with Crippen LogP contribution >= 0.6 is 0 Å². The van der Waals surface area contributed by atoms with Crippen LogP contribution < -0.4 is 20.9 Å². The molecule has 37 heavy (non-hydrogen) atoms. The van der Waals surface area contributed by atoms with Crippen molar-refractivity contribution in [1.82, 2.24) is 18.7 Å².